The van der Waals surface area contributed by atoms with E-state index in [0.29, 0.717) is 19.4 Å². The van der Waals surface area contributed by atoms with Crippen LogP contribution in [-0.4, -0.2) is 45.2 Å². The number of nitrogens with zero attached hydrogens (tertiary/aromatic N) is 2. The molecule has 0 unspecified atom stereocenters. The van der Waals surface area contributed by atoms with E-state index in [0.717, 1.165) is 5.69 Å². The van der Waals surface area contributed by atoms with Gasteiger partial charge >= 0.3 is 12.1 Å². The van der Waals surface area contributed by atoms with E-state index < -0.39 is 23.7 Å². The molecule has 1 amide bonds. The lowest BCUT2D eigenvalue weighted by molar-refractivity contribution is -0.142. The number of rotatable bonds is 3. The lowest BCUT2D eigenvalue weighted by atomic mass is 9.99. The topological polar surface area (TPSA) is 79.7 Å². The number of hydrogen-bond acceptors (Lipinski definition) is 4. The Kier molecular flexibility index (Phi) is 4.68. The smallest absolute Gasteiger partial charge is 0.411 e. The molecule has 6 nitrogen and oxygen atoms in total. The Morgan fingerprint density at radius 3 is 2.68 bits per heavy atom. The third-order valence-electron chi connectivity index (χ3n) is 3.52. The normalized spacial score (nSPS) is 21.7. The van der Waals surface area contributed by atoms with E-state index >= 15 is 0 Å². The molecule has 0 aromatic carbocycles. The lowest BCUT2D eigenvalue weighted by Crippen LogP contribution is -2.43. The van der Waals surface area contributed by atoms with Gasteiger partial charge in [0, 0.05) is 18.4 Å². The van der Waals surface area contributed by atoms with Crippen molar-refractivity contribution in [1.82, 2.24) is 9.88 Å². The molecule has 0 aliphatic carbocycles. The van der Waals surface area contributed by atoms with Gasteiger partial charge in [-0.15, -0.1) is 0 Å². The summed E-state index contributed by atoms with van der Waals surface area (Å²) in [6.07, 6.45) is 2.23. The highest BCUT2D eigenvalue weighted by molar-refractivity contribution is 5.81. The van der Waals surface area contributed by atoms with Crippen LogP contribution in [0.2, 0.25) is 0 Å². The van der Waals surface area contributed by atoms with Crippen molar-refractivity contribution in [3.63, 3.8) is 0 Å². The van der Waals surface area contributed by atoms with Crippen LogP contribution in [-0.2, 0) is 16.0 Å². The van der Waals surface area contributed by atoms with Gasteiger partial charge in [0.15, 0.2) is 0 Å². The SMILES string of the molecule is CC(C)(C)OC(=O)N1C[C@H](Cc2ccccn2)C[C@H]1C(=O)O. The second-order valence-corrected chi connectivity index (χ2v) is 6.61. The number of pyridine rings is 1. The number of carbonyl (C=O) groups is 2. The van der Waals surface area contributed by atoms with Crippen molar-refractivity contribution in [1.29, 1.82) is 0 Å². The van der Waals surface area contributed by atoms with Crippen molar-refractivity contribution in [3.8, 4) is 0 Å². The maximum absolute atomic E-state index is 12.2. The number of aliphatic carboxylic acids is 1. The maximum Gasteiger partial charge on any atom is 0.411 e. The largest absolute Gasteiger partial charge is 0.480 e. The van der Waals surface area contributed by atoms with Gasteiger partial charge in [-0.1, -0.05) is 6.07 Å². The van der Waals surface area contributed by atoms with Crippen LogP contribution in [0, 0.1) is 5.92 Å². The highest BCUT2D eigenvalue weighted by Crippen LogP contribution is 2.27. The van der Waals surface area contributed by atoms with Gasteiger partial charge in [-0.05, 0) is 51.7 Å². The summed E-state index contributed by atoms with van der Waals surface area (Å²) in [7, 11) is 0. The minimum atomic E-state index is -0.991. The molecule has 0 saturated carbocycles. The Balaban J connectivity index is 2.06. The predicted octanol–water partition coefficient (Wildman–Crippen LogP) is 2.33. The second kappa shape index (κ2) is 6.34. The van der Waals surface area contributed by atoms with Gasteiger partial charge in [-0.25, -0.2) is 9.59 Å². The van der Waals surface area contributed by atoms with Crippen LogP contribution in [0.4, 0.5) is 4.79 Å². The molecule has 2 rings (SSSR count). The number of carbonyl (C=O) groups excluding carboxylic acids is 1. The van der Waals surface area contributed by atoms with Gasteiger partial charge in [0.25, 0.3) is 0 Å². The molecule has 1 aromatic rings. The zero-order valence-corrected chi connectivity index (χ0v) is 13.2. The molecule has 6 heteroatoms. The summed E-state index contributed by atoms with van der Waals surface area (Å²) in [5, 5.41) is 9.35. The summed E-state index contributed by atoms with van der Waals surface area (Å²) >= 11 is 0. The van der Waals surface area contributed by atoms with Gasteiger partial charge in [0.2, 0.25) is 0 Å². The van der Waals surface area contributed by atoms with E-state index in [1.54, 1.807) is 27.0 Å². The van der Waals surface area contributed by atoms with Gasteiger partial charge in [0.1, 0.15) is 11.6 Å². The van der Waals surface area contributed by atoms with Gasteiger partial charge in [-0.3, -0.25) is 9.88 Å². The standard InChI is InChI=1S/C16H22N2O4/c1-16(2,3)22-15(21)18-10-11(9-13(18)14(19)20)8-12-6-4-5-7-17-12/h4-7,11,13H,8-10H2,1-3H3,(H,19,20)/t11-,13+/m1/s1. The van der Waals surface area contributed by atoms with Crippen LogP contribution < -0.4 is 0 Å². The first-order valence-electron chi connectivity index (χ1n) is 7.38. The Labute approximate surface area is 130 Å². The van der Waals surface area contributed by atoms with E-state index in [1.807, 2.05) is 18.2 Å². The fourth-order valence-electron chi connectivity index (χ4n) is 2.64. The zero-order chi connectivity index (χ0) is 16.3. The minimum Gasteiger partial charge on any atom is -0.480 e. The van der Waals surface area contributed by atoms with Gasteiger partial charge in [0.05, 0.1) is 0 Å². The highest BCUT2D eigenvalue weighted by atomic mass is 16.6. The van der Waals surface area contributed by atoms with E-state index in [4.69, 9.17) is 4.74 Å². The molecule has 1 fully saturated rings. The fraction of sp³-hybridized carbons (Fsp3) is 0.562. The summed E-state index contributed by atoms with van der Waals surface area (Å²) in [4.78, 5) is 29.2. The van der Waals surface area contributed by atoms with E-state index in [-0.39, 0.29) is 5.92 Å². The Hall–Kier alpha value is -2.11. The number of likely N-dealkylation sites (tertiary alicyclic amines) is 1. The minimum absolute atomic E-state index is 0.0727. The molecule has 0 spiro atoms. The average Bonchev–Trinajstić information content (AvgIpc) is 2.82. The van der Waals surface area contributed by atoms with Gasteiger partial charge < -0.3 is 9.84 Å². The van der Waals surface area contributed by atoms with Crippen LogP contribution in [0.5, 0.6) is 0 Å². The molecule has 120 valence electrons. The van der Waals surface area contributed by atoms with Crippen molar-refractivity contribution in [3.05, 3.63) is 30.1 Å². The number of carboxylic acids is 1. The molecule has 1 saturated heterocycles. The van der Waals surface area contributed by atoms with E-state index in [2.05, 4.69) is 4.98 Å². The summed E-state index contributed by atoms with van der Waals surface area (Å²) in [5.41, 5.74) is 0.266. The molecule has 22 heavy (non-hydrogen) atoms. The monoisotopic (exact) mass is 306 g/mol. The average molecular weight is 306 g/mol. The Morgan fingerprint density at radius 1 is 1.41 bits per heavy atom. The van der Waals surface area contributed by atoms with Crippen LogP contribution in [0.15, 0.2) is 24.4 Å². The van der Waals surface area contributed by atoms with E-state index in [9.17, 15) is 14.7 Å². The molecule has 2 heterocycles. The third-order valence-corrected chi connectivity index (χ3v) is 3.52. The molecular weight excluding hydrogens is 284 g/mol. The molecule has 0 radical (unpaired) electrons. The second-order valence-electron chi connectivity index (χ2n) is 6.61. The first kappa shape index (κ1) is 16.3. The summed E-state index contributed by atoms with van der Waals surface area (Å²) in [6.45, 7) is 5.68. The van der Waals surface area contributed by atoms with Crippen LogP contribution in [0.25, 0.3) is 0 Å². The first-order valence-corrected chi connectivity index (χ1v) is 7.38. The maximum atomic E-state index is 12.2. The summed E-state index contributed by atoms with van der Waals surface area (Å²) in [5.74, 6) is -0.919. The lowest BCUT2D eigenvalue weighted by Gasteiger charge is -2.26. The summed E-state index contributed by atoms with van der Waals surface area (Å²) in [6, 6.07) is 4.82. The third kappa shape index (κ3) is 4.19. The number of amides is 1. The fourth-order valence-corrected chi connectivity index (χ4v) is 2.64. The van der Waals surface area contributed by atoms with E-state index in [1.165, 1.54) is 4.90 Å². The Bertz CT molecular complexity index is 539. The van der Waals surface area contributed by atoms with Crippen molar-refractivity contribution < 1.29 is 19.4 Å². The molecule has 1 aliphatic rings. The quantitative estimate of drug-likeness (QED) is 0.927. The number of aromatic nitrogens is 1. The Morgan fingerprint density at radius 2 is 2.14 bits per heavy atom. The molecule has 1 N–H and O–H groups in total. The predicted molar refractivity (Wildman–Crippen MR) is 80.4 cm³/mol. The molecule has 1 aromatic heterocycles. The van der Waals surface area contributed by atoms with Crippen molar-refractivity contribution >= 4 is 12.1 Å². The summed E-state index contributed by atoms with van der Waals surface area (Å²) < 4.78 is 5.31. The molecular formula is C16H22N2O4. The molecule has 1 aliphatic heterocycles. The van der Waals surface area contributed by atoms with Crippen molar-refractivity contribution in [2.24, 2.45) is 5.92 Å². The van der Waals surface area contributed by atoms with Crippen LogP contribution in [0.3, 0.4) is 0 Å². The van der Waals surface area contributed by atoms with Crippen LogP contribution >= 0.6 is 0 Å². The molecule has 2 atom stereocenters. The highest BCUT2D eigenvalue weighted by Gasteiger charge is 2.41. The number of hydrogen-bond donors (Lipinski definition) is 1. The molecule has 0 bridgehead atoms. The number of carboxylic acid groups (broad SMARTS) is 1. The number of ether oxygens (including phenoxy) is 1. The zero-order valence-electron chi connectivity index (χ0n) is 13.2. The first-order chi connectivity index (χ1) is 10.3. The van der Waals surface area contributed by atoms with Crippen LogP contribution in [0.1, 0.15) is 32.9 Å². The van der Waals surface area contributed by atoms with Crippen molar-refractivity contribution in [2.75, 3.05) is 6.54 Å². The van der Waals surface area contributed by atoms with Crippen molar-refractivity contribution in [2.45, 2.75) is 45.3 Å². The van der Waals surface area contributed by atoms with Gasteiger partial charge in [-0.2, -0.15) is 0 Å².